The highest BCUT2D eigenvalue weighted by Crippen LogP contribution is 2.26. The largest absolute Gasteiger partial charge is 0.460 e. The molecule has 139 heavy (non-hydrogen) atoms. The lowest BCUT2D eigenvalue weighted by Crippen LogP contribution is -2.86. The first kappa shape index (κ1) is 120. The molecule has 9 rings (SSSR count). The lowest BCUT2D eigenvalue weighted by Gasteiger charge is -2.48. The minimum atomic E-state index is -1.02. The van der Waals surface area contributed by atoms with Crippen LogP contribution in [0.4, 0.5) is 69.4 Å². The molecule has 0 bridgehead atoms. The summed E-state index contributed by atoms with van der Waals surface area (Å²) in [5.41, 5.74) is 12.1. The zero-order valence-electron chi connectivity index (χ0n) is 78.8. The van der Waals surface area contributed by atoms with Gasteiger partial charge in [-0.05, 0) is 173 Å². The molecule has 0 unspecified atom stereocenters. The van der Waals surface area contributed by atoms with Gasteiger partial charge in [0.15, 0.2) is 5.78 Å². The predicted molar refractivity (Wildman–Crippen MR) is 597 cm³/mol. The molecule has 0 fully saturated rings. The molecule has 6 heterocycles. The van der Waals surface area contributed by atoms with Gasteiger partial charge in [-0.2, -0.15) is 15.0 Å². The van der Waals surface area contributed by atoms with Gasteiger partial charge in [0.05, 0.1) is 13.0 Å². The van der Waals surface area contributed by atoms with Gasteiger partial charge < -0.3 is 74.3 Å². The Kier molecular flexibility index (Phi) is 55.9. The number of hydrogen-bond donors (Lipinski definition) is 13. The maximum Gasteiger partial charge on any atom is 0.306 e. The molecule has 0 atom stereocenters. The van der Waals surface area contributed by atoms with Crippen LogP contribution in [0.3, 0.4) is 0 Å². The molecular formula is C80H100B28N22O9. The number of aromatic nitrogens is 9. The van der Waals surface area contributed by atoms with E-state index in [0.29, 0.717) is 125 Å². The van der Waals surface area contributed by atoms with Crippen molar-refractivity contribution in [2.45, 2.75) is 119 Å². The van der Waals surface area contributed by atoms with E-state index in [1.807, 2.05) is 57.2 Å². The molecule has 14 N–H and O–H groups in total. The number of carbonyl (C=O) groups is 8. The van der Waals surface area contributed by atoms with Crippen LogP contribution >= 0.6 is 0 Å². The molecule has 0 aliphatic heterocycles. The third-order valence-electron chi connectivity index (χ3n) is 20.2. The lowest BCUT2D eigenvalue weighted by molar-refractivity contribution is -0.155. The van der Waals surface area contributed by atoms with Crippen LogP contribution in [0.5, 0.6) is 0 Å². The quantitative estimate of drug-likeness (QED) is 0.0145. The molecule has 0 saturated carbocycles. The average Bonchev–Trinajstić information content (AvgIpc) is 0.774. The summed E-state index contributed by atoms with van der Waals surface area (Å²) in [6.07, 6.45) is 10.4. The third kappa shape index (κ3) is 44.3. The van der Waals surface area contributed by atoms with Crippen LogP contribution in [0.1, 0.15) is 142 Å². The number of nitrogens with two attached hydrogens (primary N) is 1. The number of amides is 6. The first-order valence-electron chi connectivity index (χ1n) is 44.8. The molecule has 0 aliphatic rings. The van der Waals surface area contributed by atoms with Crippen molar-refractivity contribution in [2.75, 3.05) is 110 Å². The maximum absolute atomic E-state index is 13.1. The van der Waals surface area contributed by atoms with Crippen LogP contribution in [-0.2, 0) is 48.0 Å². The fourth-order valence-electron chi connectivity index (χ4n) is 13.7. The SMILES string of the molecule is C.C=CC(=O)CCC(=O)Nc1cccc(NC(=O)c2cnc(NCCc3ccncc3)nc2NCCC)c1.CCCNc1nc(NCCc2ccncc2)ncc1C(=O)Nc1cccc(NC(=O)CCC(=O)OC(C)(C)C)c1.CCCNc1nc(NCCc2ccncc2)ncc1C(=O)Nc1cccc(NC(=O)CN)c1.[B]B([B])B(B([B])[B])B(B([B])[B])B(B(B([B])[B])B([B])[B])B(B([B])[B])B([B])[B].[B][B]. The number of carbonyl (C=O) groups excluding carboxylic acids is 8. The standard InChI is InChI=1S/C29H37N7O4.C27H31N7O3.C23H28N8O2.CH4.B26.B2/c1-5-14-31-26-23(19-33-28(36-26)32-17-13-20-11-15-30-16-12-20)27(39)35-22-8-6-7-21(18-22)34-24(37)9-10-25(38)40-29(2,3)4;1-3-13-29-25-23(18-31-27(34-25)30-16-12-19-10-14-28-15-11-19)26(37)33-21-7-5-6-20(17-21)32-24(36)9-8-22(35)4-2;1-2-9-26-21-19(15-28-23(31-21)27-12-8-16-6-10-25-11-7-16)22(33)30-18-5-3-4-17(13-18)29-20(32)14-24;;1-15(2)22(16(3)4)25(21(13)14)26(23(17(5)6)18(7)8)24(19(9)10)20(11)12;1-2/h6-8,11-12,15-16,18-19H,5,9-10,13-14,17H2,1-4H3,(H,34,37)(H,35,39)(H2,31,32,33,36);4-7,10-11,14-15,17-18H,2-3,8-9,12-13,16H2,1H3,(H,32,36)(H,33,37)(H2,29,30,31,34);3-7,10-11,13,15H,2,8-9,12,14,24H2,1H3,(H,29,32)(H,30,33)(H2,26,27,28,31);1H4;;. The summed E-state index contributed by atoms with van der Waals surface area (Å²) in [6.45, 7) is 18.5. The average molecular weight is 1820 g/mol. The molecule has 9 aromatic rings. The van der Waals surface area contributed by atoms with Crippen molar-refractivity contribution in [3.05, 3.63) is 211 Å². The fraction of sp³-hybridized carbons (Fsp3) is 0.312. The van der Waals surface area contributed by atoms with Gasteiger partial charge in [-0.1, -0.05) is 53.0 Å². The van der Waals surface area contributed by atoms with Crippen LogP contribution < -0.4 is 69.5 Å². The highest BCUT2D eigenvalue weighted by atomic mass is 16.6. The molecule has 31 nitrogen and oxygen atoms in total. The van der Waals surface area contributed by atoms with Crippen molar-refractivity contribution in [3.63, 3.8) is 0 Å². The number of nitrogens with one attached hydrogen (secondary N) is 12. The number of pyridine rings is 3. The Bertz CT molecular complexity index is 5230. The van der Waals surface area contributed by atoms with E-state index in [2.05, 4.69) is 131 Å². The Morgan fingerprint density at radius 1 is 0.374 bits per heavy atom. The Labute approximate surface area is 844 Å². The molecule has 59 heteroatoms. The van der Waals surface area contributed by atoms with E-state index in [1.165, 1.54) is 24.7 Å². The van der Waals surface area contributed by atoms with Gasteiger partial charge in [0.25, 0.3) is 17.7 Å². The molecular weight excluding hydrogens is 1720 g/mol. The number of ether oxygens (including phenoxy) is 1. The predicted octanol–water partition coefficient (Wildman–Crippen LogP) is 1.21. The molecule has 3 aromatic carbocycles. The van der Waals surface area contributed by atoms with E-state index in [-0.39, 0.29) is 75.0 Å². The van der Waals surface area contributed by atoms with Crippen molar-refractivity contribution in [1.82, 2.24) is 44.9 Å². The summed E-state index contributed by atoms with van der Waals surface area (Å²) in [4.78, 5) is 137. The summed E-state index contributed by atoms with van der Waals surface area (Å²) in [7, 11) is 90.9. The minimum Gasteiger partial charge on any atom is -0.460 e. The van der Waals surface area contributed by atoms with Gasteiger partial charge in [0.2, 0.25) is 35.6 Å². The maximum atomic E-state index is 13.1. The van der Waals surface area contributed by atoms with Crippen LogP contribution in [-0.4, -0.2) is 344 Å². The van der Waals surface area contributed by atoms with Gasteiger partial charge in [-0.15, -0.1) is 0 Å². The number of ketones is 1. The zero-order chi connectivity index (χ0) is 102. The Balaban J connectivity index is 0.000000388. The van der Waals surface area contributed by atoms with E-state index < -0.39 is 94.1 Å². The van der Waals surface area contributed by atoms with Gasteiger partial charge >= 0.3 is 5.97 Å². The zero-order valence-corrected chi connectivity index (χ0v) is 78.8. The fourth-order valence-corrected chi connectivity index (χ4v) is 13.7. The first-order valence-corrected chi connectivity index (χ1v) is 44.8. The van der Waals surface area contributed by atoms with Crippen molar-refractivity contribution >= 4 is 317 Å². The van der Waals surface area contributed by atoms with E-state index in [0.717, 1.165) is 55.2 Å². The lowest BCUT2D eigenvalue weighted by atomic mass is 8.34. The van der Waals surface area contributed by atoms with Crippen LogP contribution in [0.2, 0.25) is 0 Å². The normalized spacial score (nSPS) is 10.1. The molecule has 0 spiro atoms. The molecule has 0 saturated heterocycles. The first-order chi connectivity index (χ1) is 65.9. The highest BCUT2D eigenvalue weighted by Gasteiger charge is 2.50. The molecule has 6 aromatic heterocycles. The molecule has 0 aliphatic carbocycles. The monoisotopic (exact) mass is 1820 g/mol. The van der Waals surface area contributed by atoms with Crippen molar-refractivity contribution in [1.29, 1.82) is 0 Å². The molecule has 32 radical (unpaired) electrons. The van der Waals surface area contributed by atoms with E-state index in [9.17, 15) is 38.4 Å². The number of anilines is 12. The smallest absolute Gasteiger partial charge is 0.306 e. The summed E-state index contributed by atoms with van der Waals surface area (Å²) in [5.74, 6) is -0.149. The second kappa shape index (κ2) is 64.8. The number of allylic oxidation sites excluding steroid dienone is 1. The van der Waals surface area contributed by atoms with Crippen LogP contribution in [0.25, 0.3) is 0 Å². The summed E-state index contributed by atoms with van der Waals surface area (Å²) >= 11 is 0. The topological polar surface area (TPSA) is 432 Å². The van der Waals surface area contributed by atoms with Crippen molar-refractivity contribution in [2.24, 2.45) is 5.73 Å². The second-order valence-corrected chi connectivity index (χ2v) is 32.4. The number of nitrogens with zero attached hydrogens (tertiary/aromatic N) is 9. The van der Waals surface area contributed by atoms with E-state index in [4.69, 9.17) is 119 Å². The Morgan fingerprint density at radius 3 is 0.914 bits per heavy atom. The second-order valence-electron chi connectivity index (χ2n) is 32.4. The Hall–Kier alpha value is -11.4. The summed E-state index contributed by atoms with van der Waals surface area (Å²) in [6, 6.07) is 32.1. The van der Waals surface area contributed by atoms with Crippen molar-refractivity contribution < 1.29 is 43.1 Å². The van der Waals surface area contributed by atoms with Crippen molar-refractivity contribution in [3.8, 4) is 0 Å². The van der Waals surface area contributed by atoms with E-state index >= 15 is 0 Å². The highest BCUT2D eigenvalue weighted by molar-refractivity contribution is 8.25. The Morgan fingerprint density at radius 2 is 0.647 bits per heavy atom. The number of benzene rings is 3. The van der Waals surface area contributed by atoms with Crippen LogP contribution in [0, 0.1) is 0 Å². The number of esters is 1. The van der Waals surface area contributed by atoms with Gasteiger partial charge in [-0.25, -0.2) is 15.0 Å². The summed E-state index contributed by atoms with van der Waals surface area (Å²) < 4.78 is 5.23. The third-order valence-corrected chi connectivity index (χ3v) is 20.2. The van der Waals surface area contributed by atoms with Gasteiger partial charge in [0.1, 0.15) is 39.7 Å². The van der Waals surface area contributed by atoms with E-state index in [1.54, 1.807) is 131 Å². The van der Waals surface area contributed by atoms with Gasteiger partial charge in [0, 0.05) is 349 Å². The number of hydrogen-bond acceptors (Lipinski definition) is 25. The molecule has 6 amide bonds. The van der Waals surface area contributed by atoms with Crippen LogP contribution in [0.15, 0.2) is 178 Å². The molecule has 668 valence electrons. The summed E-state index contributed by atoms with van der Waals surface area (Å²) in [5, 5.41) is 35.8. The van der Waals surface area contributed by atoms with Gasteiger partial charge in [-0.3, -0.25) is 53.3 Å². The minimum absolute atomic E-state index is 0. The number of rotatable bonds is 49.